The second-order valence-corrected chi connectivity index (χ2v) is 6.32. The minimum Gasteiger partial charge on any atom is -0.340 e. The second-order valence-electron chi connectivity index (χ2n) is 6.32. The highest BCUT2D eigenvalue weighted by Gasteiger charge is 2.20. The number of rotatable bonds is 5. The van der Waals surface area contributed by atoms with E-state index in [1.807, 2.05) is 72.9 Å². The van der Waals surface area contributed by atoms with Crippen LogP contribution in [0.25, 0.3) is 10.8 Å². The number of fused-ring (bicyclic) bond motifs is 1. The number of benzene rings is 3. The van der Waals surface area contributed by atoms with Crippen LogP contribution in [-0.2, 0) is 11.3 Å². The minimum absolute atomic E-state index is 0.372. The molecule has 0 atom stereocenters. The highest BCUT2D eigenvalue weighted by atomic mass is 16.2. The largest absolute Gasteiger partial charge is 0.340 e. The molecular weight excluding hydrogens is 336 g/mol. The third-order valence-corrected chi connectivity index (χ3v) is 4.50. The maximum Gasteiger partial charge on any atom is 0.298 e. The Morgan fingerprint density at radius 2 is 1.52 bits per heavy atom. The van der Waals surface area contributed by atoms with Crippen LogP contribution in [0.2, 0.25) is 0 Å². The molecule has 0 aliphatic carbocycles. The zero-order chi connectivity index (χ0) is 18.6. The number of nitrogens with zero attached hydrogens (tertiary/aromatic N) is 1. The van der Waals surface area contributed by atoms with Gasteiger partial charge in [-0.05, 0) is 29.1 Å². The van der Waals surface area contributed by atoms with E-state index in [2.05, 4.69) is 5.32 Å². The van der Waals surface area contributed by atoms with Crippen LogP contribution in [0.4, 0.5) is 5.69 Å². The number of carbonyl (C=O) groups excluding carboxylic acids is 2. The van der Waals surface area contributed by atoms with Crippen molar-refractivity contribution in [3.63, 3.8) is 0 Å². The number of hydrogen-bond donors (Lipinski definition) is 1. The molecule has 132 valence electrons. The van der Waals surface area contributed by atoms with Crippen LogP contribution in [0.5, 0.6) is 0 Å². The van der Waals surface area contributed by atoms with E-state index in [-0.39, 0.29) is 0 Å². The summed E-state index contributed by atoms with van der Waals surface area (Å²) < 4.78 is 1.79. The molecule has 1 aromatic heterocycles. The van der Waals surface area contributed by atoms with E-state index in [0.29, 0.717) is 17.9 Å². The maximum absolute atomic E-state index is 12.7. The number of Topliss-reactive ketones (excluding diaryl/α,β-unsaturated/α-hetero) is 1. The first-order valence-electron chi connectivity index (χ1n) is 8.75. The van der Waals surface area contributed by atoms with Crippen LogP contribution in [0.1, 0.15) is 16.1 Å². The highest BCUT2D eigenvalue weighted by Crippen LogP contribution is 2.23. The van der Waals surface area contributed by atoms with Crippen molar-refractivity contribution >= 4 is 28.2 Å². The molecule has 1 N–H and O–H groups in total. The Morgan fingerprint density at radius 1 is 0.778 bits per heavy atom. The van der Waals surface area contributed by atoms with Gasteiger partial charge in [-0.1, -0.05) is 66.7 Å². The van der Waals surface area contributed by atoms with Gasteiger partial charge < -0.3 is 9.88 Å². The number of hydrogen-bond acceptors (Lipinski definition) is 2. The Balaban J connectivity index is 1.57. The molecule has 0 bridgehead atoms. The summed E-state index contributed by atoms with van der Waals surface area (Å²) in [6, 6.07) is 26.7. The van der Waals surface area contributed by atoms with Gasteiger partial charge in [0.1, 0.15) is 0 Å². The van der Waals surface area contributed by atoms with Crippen LogP contribution < -0.4 is 5.32 Å². The third-order valence-electron chi connectivity index (χ3n) is 4.50. The molecule has 4 aromatic rings. The monoisotopic (exact) mass is 354 g/mol. The SMILES string of the molecule is O=C(Nc1cccc2ccccc12)C(=O)c1cccn1Cc1ccccc1. The van der Waals surface area contributed by atoms with Crippen molar-refractivity contribution in [3.8, 4) is 0 Å². The lowest BCUT2D eigenvalue weighted by molar-refractivity contribution is -0.112. The number of ketones is 1. The van der Waals surface area contributed by atoms with E-state index in [4.69, 9.17) is 0 Å². The molecule has 4 heteroatoms. The van der Waals surface area contributed by atoms with Gasteiger partial charge in [0.05, 0.1) is 5.69 Å². The van der Waals surface area contributed by atoms with Gasteiger partial charge in [-0.15, -0.1) is 0 Å². The van der Waals surface area contributed by atoms with Crippen LogP contribution in [0, 0.1) is 0 Å². The summed E-state index contributed by atoms with van der Waals surface area (Å²) >= 11 is 0. The first-order chi connectivity index (χ1) is 13.2. The molecule has 1 heterocycles. The zero-order valence-corrected chi connectivity index (χ0v) is 14.6. The van der Waals surface area contributed by atoms with Gasteiger partial charge in [-0.2, -0.15) is 0 Å². The van der Waals surface area contributed by atoms with Gasteiger partial charge in [0, 0.05) is 23.8 Å². The number of nitrogens with one attached hydrogen (secondary N) is 1. The molecule has 0 saturated heterocycles. The number of amides is 1. The van der Waals surface area contributed by atoms with E-state index in [1.54, 1.807) is 22.8 Å². The molecule has 0 spiro atoms. The molecule has 3 aromatic carbocycles. The molecule has 0 radical (unpaired) electrons. The Bertz CT molecular complexity index is 1110. The zero-order valence-electron chi connectivity index (χ0n) is 14.6. The average Bonchev–Trinajstić information content (AvgIpc) is 3.16. The van der Waals surface area contributed by atoms with Crippen molar-refractivity contribution in [2.45, 2.75) is 6.54 Å². The third kappa shape index (κ3) is 3.51. The summed E-state index contributed by atoms with van der Waals surface area (Å²) in [5.41, 5.74) is 2.07. The predicted octanol–water partition coefficient (Wildman–Crippen LogP) is 4.51. The fourth-order valence-corrected chi connectivity index (χ4v) is 3.17. The summed E-state index contributed by atoms with van der Waals surface area (Å²) in [4.78, 5) is 25.3. The molecule has 4 nitrogen and oxygen atoms in total. The number of carbonyl (C=O) groups is 2. The summed E-state index contributed by atoms with van der Waals surface area (Å²) in [6.45, 7) is 0.538. The lowest BCUT2D eigenvalue weighted by atomic mass is 10.1. The lowest BCUT2D eigenvalue weighted by Gasteiger charge is -2.10. The molecule has 27 heavy (non-hydrogen) atoms. The maximum atomic E-state index is 12.7. The van der Waals surface area contributed by atoms with Crippen molar-refractivity contribution < 1.29 is 9.59 Å². The molecule has 1 amide bonds. The number of aromatic nitrogens is 1. The molecule has 0 fully saturated rings. The average molecular weight is 354 g/mol. The van der Waals surface area contributed by atoms with Gasteiger partial charge in [0.2, 0.25) is 0 Å². The molecule has 0 aliphatic heterocycles. The fraction of sp³-hybridized carbons (Fsp3) is 0.0435. The Hall–Kier alpha value is -3.66. The molecule has 0 unspecified atom stereocenters. The predicted molar refractivity (Wildman–Crippen MR) is 107 cm³/mol. The molecule has 0 aliphatic rings. The Kier molecular flexibility index (Phi) is 4.54. The summed E-state index contributed by atoms with van der Waals surface area (Å²) in [6.07, 6.45) is 1.81. The van der Waals surface area contributed by atoms with Crippen molar-refractivity contribution in [2.75, 3.05) is 5.32 Å². The minimum atomic E-state index is -0.639. The highest BCUT2D eigenvalue weighted by molar-refractivity contribution is 6.46. The molecular formula is C23H18N2O2. The topological polar surface area (TPSA) is 51.1 Å². The van der Waals surface area contributed by atoms with Gasteiger partial charge in [0.25, 0.3) is 11.7 Å². The summed E-state index contributed by atoms with van der Waals surface area (Å²) in [5, 5.41) is 4.68. The molecule has 0 saturated carbocycles. The first kappa shape index (κ1) is 16.8. The quantitative estimate of drug-likeness (QED) is 0.423. The summed E-state index contributed by atoms with van der Waals surface area (Å²) in [5.74, 6) is -1.19. The van der Waals surface area contributed by atoms with Crippen LogP contribution in [0.15, 0.2) is 91.1 Å². The smallest absolute Gasteiger partial charge is 0.298 e. The Morgan fingerprint density at radius 3 is 2.37 bits per heavy atom. The van der Waals surface area contributed by atoms with Gasteiger partial charge in [0.15, 0.2) is 0 Å². The molecule has 4 rings (SSSR count). The first-order valence-corrected chi connectivity index (χ1v) is 8.75. The standard InChI is InChI=1S/C23H18N2O2/c26-22(21-14-7-15-25(21)16-17-8-2-1-3-9-17)23(27)24-20-13-6-11-18-10-4-5-12-19(18)20/h1-15H,16H2,(H,24,27). The van der Waals surface area contributed by atoms with Crippen LogP contribution in [0.3, 0.4) is 0 Å². The van der Waals surface area contributed by atoms with Crippen molar-refractivity contribution in [1.29, 1.82) is 0 Å². The second kappa shape index (κ2) is 7.30. The normalized spacial score (nSPS) is 10.7. The Labute approximate surface area is 157 Å². The van der Waals surface area contributed by atoms with E-state index >= 15 is 0 Å². The van der Waals surface area contributed by atoms with Crippen LogP contribution >= 0.6 is 0 Å². The van der Waals surface area contributed by atoms with E-state index < -0.39 is 11.7 Å². The summed E-state index contributed by atoms with van der Waals surface area (Å²) in [7, 11) is 0. The fourth-order valence-electron chi connectivity index (χ4n) is 3.17. The van der Waals surface area contributed by atoms with Crippen molar-refractivity contribution in [2.24, 2.45) is 0 Å². The number of anilines is 1. The van der Waals surface area contributed by atoms with E-state index in [0.717, 1.165) is 16.3 Å². The van der Waals surface area contributed by atoms with Gasteiger partial charge in [-0.3, -0.25) is 9.59 Å². The van der Waals surface area contributed by atoms with Gasteiger partial charge in [-0.25, -0.2) is 0 Å². The van der Waals surface area contributed by atoms with Crippen LogP contribution in [-0.4, -0.2) is 16.3 Å². The van der Waals surface area contributed by atoms with Crippen molar-refractivity contribution in [1.82, 2.24) is 4.57 Å². The van der Waals surface area contributed by atoms with Gasteiger partial charge >= 0.3 is 0 Å². The van der Waals surface area contributed by atoms with E-state index in [9.17, 15) is 9.59 Å². The van der Waals surface area contributed by atoms with Crippen molar-refractivity contribution in [3.05, 3.63) is 102 Å². The van der Waals surface area contributed by atoms with E-state index in [1.165, 1.54) is 0 Å². The lowest BCUT2D eigenvalue weighted by Crippen LogP contribution is -2.25.